The molecule has 86 valence electrons. The van der Waals surface area contributed by atoms with E-state index in [2.05, 4.69) is 10.3 Å². The molecule has 3 N–H and O–H groups in total. The number of urea groups is 1. The van der Waals surface area contributed by atoms with Gasteiger partial charge in [-0.1, -0.05) is 0 Å². The van der Waals surface area contributed by atoms with Crippen molar-refractivity contribution in [2.75, 3.05) is 19.0 Å². The molecule has 0 heterocycles. The van der Waals surface area contributed by atoms with Gasteiger partial charge in [0.2, 0.25) is 5.96 Å². The standard InChI is InChI=1S/C10H13FN4O/c1-13-10(16)14-9(12)15(2)8-5-3-7(11)4-6-8/h3-6H,1-2H3,(H3,12,13,14,16). The van der Waals surface area contributed by atoms with E-state index in [0.29, 0.717) is 5.69 Å². The largest absolute Gasteiger partial charge is 0.369 e. The van der Waals surface area contributed by atoms with Crippen LogP contribution in [0.2, 0.25) is 0 Å². The highest BCUT2D eigenvalue weighted by atomic mass is 19.1. The van der Waals surface area contributed by atoms with Crippen LogP contribution in [0, 0.1) is 5.82 Å². The van der Waals surface area contributed by atoms with Crippen LogP contribution in [0.25, 0.3) is 0 Å². The first-order chi connectivity index (χ1) is 7.54. The van der Waals surface area contributed by atoms with Crippen molar-refractivity contribution >= 4 is 17.7 Å². The van der Waals surface area contributed by atoms with Gasteiger partial charge in [0.15, 0.2) is 0 Å². The van der Waals surface area contributed by atoms with Gasteiger partial charge in [-0.25, -0.2) is 9.18 Å². The third-order valence-electron chi connectivity index (χ3n) is 1.99. The van der Waals surface area contributed by atoms with Crippen LogP contribution in [0.4, 0.5) is 14.9 Å². The molecule has 0 aliphatic heterocycles. The fourth-order valence-electron chi connectivity index (χ4n) is 1.03. The van der Waals surface area contributed by atoms with Gasteiger partial charge in [-0.05, 0) is 24.3 Å². The maximum absolute atomic E-state index is 12.7. The van der Waals surface area contributed by atoms with E-state index in [4.69, 9.17) is 5.73 Å². The second-order valence-electron chi connectivity index (χ2n) is 3.06. The molecule has 0 aliphatic rings. The fraction of sp³-hybridized carbons (Fsp3) is 0.200. The summed E-state index contributed by atoms with van der Waals surface area (Å²) in [5, 5.41) is 2.32. The maximum Gasteiger partial charge on any atom is 0.343 e. The summed E-state index contributed by atoms with van der Waals surface area (Å²) in [5.74, 6) is -0.301. The zero-order chi connectivity index (χ0) is 12.1. The van der Waals surface area contributed by atoms with E-state index in [1.807, 2.05) is 0 Å². The molecule has 1 rings (SSSR count). The molecule has 0 aliphatic carbocycles. The Labute approximate surface area is 92.8 Å². The Balaban J connectivity index is 2.85. The summed E-state index contributed by atoms with van der Waals surface area (Å²) < 4.78 is 12.7. The van der Waals surface area contributed by atoms with E-state index in [1.165, 1.54) is 24.1 Å². The first-order valence-corrected chi connectivity index (χ1v) is 4.59. The number of halogens is 1. The average Bonchev–Trinajstić information content (AvgIpc) is 2.28. The van der Waals surface area contributed by atoms with Crippen LogP contribution in [0.1, 0.15) is 0 Å². The minimum absolute atomic E-state index is 0.0333. The first-order valence-electron chi connectivity index (χ1n) is 4.59. The van der Waals surface area contributed by atoms with Crippen molar-refractivity contribution in [3.8, 4) is 0 Å². The number of anilines is 1. The Morgan fingerprint density at radius 3 is 2.50 bits per heavy atom. The van der Waals surface area contributed by atoms with Crippen LogP contribution in [-0.4, -0.2) is 26.1 Å². The number of nitrogens with zero attached hydrogens (tertiary/aromatic N) is 2. The Hall–Kier alpha value is -2.11. The van der Waals surface area contributed by atoms with Crippen molar-refractivity contribution in [1.29, 1.82) is 0 Å². The first kappa shape index (κ1) is 12.0. The van der Waals surface area contributed by atoms with Gasteiger partial charge in [0.05, 0.1) is 0 Å². The molecule has 0 spiro atoms. The molecule has 5 nitrogen and oxygen atoms in total. The van der Waals surface area contributed by atoms with E-state index in [0.717, 1.165) is 0 Å². The molecule has 0 fully saturated rings. The molecule has 0 bridgehead atoms. The van der Waals surface area contributed by atoms with Gasteiger partial charge in [-0.3, -0.25) is 0 Å². The summed E-state index contributed by atoms with van der Waals surface area (Å²) in [7, 11) is 3.09. The van der Waals surface area contributed by atoms with E-state index in [-0.39, 0.29) is 11.8 Å². The third-order valence-corrected chi connectivity index (χ3v) is 1.99. The number of hydrogen-bond acceptors (Lipinski definition) is 1. The topological polar surface area (TPSA) is 70.7 Å². The van der Waals surface area contributed by atoms with Crippen molar-refractivity contribution in [2.24, 2.45) is 10.7 Å². The van der Waals surface area contributed by atoms with Gasteiger partial charge in [0.1, 0.15) is 5.82 Å². The highest BCUT2D eigenvalue weighted by Crippen LogP contribution is 2.12. The van der Waals surface area contributed by atoms with E-state index in [9.17, 15) is 9.18 Å². The molecular formula is C10H13FN4O. The van der Waals surface area contributed by atoms with Crippen molar-refractivity contribution in [1.82, 2.24) is 5.32 Å². The number of amides is 2. The number of aliphatic imine (C=N–C) groups is 1. The molecule has 0 atom stereocenters. The Bertz CT molecular complexity index is 402. The maximum atomic E-state index is 12.7. The zero-order valence-electron chi connectivity index (χ0n) is 9.07. The molecule has 1 aromatic rings. The van der Waals surface area contributed by atoms with Crippen LogP contribution >= 0.6 is 0 Å². The molecule has 6 heteroatoms. The van der Waals surface area contributed by atoms with Crippen LogP contribution in [-0.2, 0) is 0 Å². The number of nitrogens with two attached hydrogens (primary N) is 1. The summed E-state index contributed by atoms with van der Waals surface area (Å²) in [6, 6.07) is 5.16. The van der Waals surface area contributed by atoms with Gasteiger partial charge in [-0.15, -0.1) is 0 Å². The normalized spacial score (nSPS) is 11.1. The summed E-state index contributed by atoms with van der Waals surface area (Å²) in [4.78, 5) is 16.0. The molecule has 0 unspecified atom stereocenters. The summed E-state index contributed by atoms with van der Waals surface area (Å²) in [6.45, 7) is 0. The molecular weight excluding hydrogens is 211 g/mol. The molecule has 0 saturated heterocycles. The number of nitrogens with one attached hydrogen (secondary N) is 1. The highest BCUT2D eigenvalue weighted by molar-refractivity contribution is 6.00. The Kier molecular flexibility index (Phi) is 3.82. The summed E-state index contributed by atoms with van der Waals surface area (Å²) in [6.07, 6.45) is 0. The van der Waals surface area contributed by atoms with Gasteiger partial charge in [0.25, 0.3) is 0 Å². The minimum Gasteiger partial charge on any atom is -0.369 e. The van der Waals surface area contributed by atoms with E-state index >= 15 is 0 Å². The van der Waals surface area contributed by atoms with Crippen molar-refractivity contribution in [3.63, 3.8) is 0 Å². The van der Waals surface area contributed by atoms with Gasteiger partial charge < -0.3 is 16.0 Å². The predicted molar refractivity (Wildman–Crippen MR) is 60.9 cm³/mol. The summed E-state index contributed by atoms with van der Waals surface area (Å²) >= 11 is 0. The number of carbonyl (C=O) groups is 1. The number of hydrogen-bond donors (Lipinski definition) is 2. The number of guanidine groups is 1. The van der Waals surface area contributed by atoms with Crippen molar-refractivity contribution < 1.29 is 9.18 Å². The molecule has 1 aromatic carbocycles. The summed E-state index contributed by atoms with van der Waals surface area (Å²) in [5.41, 5.74) is 6.23. The number of rotatable bonds is 1. The SMILES string of the molecule is CNC(=O)N=C(N)N(C)c1ccc(F)cc1. The number of benzene rings is 1. The van der Waals surface area contributed by atoms with Crippen LogP contribution < -0.4 is 16.0 Å². The lowest BCUT2D eigenvalue weighted by molar-refractivity contribution is 0.251. The van der Waals surface area contributed by atoms with E-state index in [1.54, 1.807) is 19.2 Å². The van der Waals surface area contributed by atoms with Crippen LogP contribution in [0.15, 0.2) is 29.3 Å². The predicted octanol–water partition coefficient (Wildman–Crippen LogP) is 0.916. The highest BCUT2D eigenvalue weighted by Gasteiger charge is 2.06. The molecule has 2 amide bonds. The molecule has 0 aromatic heterocycles. The monoisotopic (exact) mass is 224 g/mol. The second kappa shape index (κ2) is 5.11. The average molecular weight is 224 g/mol. The van der Waals surface area contributed by atoms with Gasteiger partial charge in [0, 0.05) is 19.8 Å². The van der Waals surface area contributed by atoms with Crippen LogP contribution in [0.5, 0.6) is 0 Å². The van der Waals surface area contributed by atoms with Crippen molar-refractivity contribution in [3.05, 3.63) is 30.1 Å². The minimum atomic E-state index is -0.536. The lowest BCUT2D eigenvalue weighted by atomic mass is 10.3. The molecule has 16 heavy (non-hydrogen) atoms. The molecule has 0 radical (unpaired) electrons. The van der Waals surface area contributed by atoms with Crippen LogP contribution in [0.3, 0.4) is 0 Å². The van der Waals surface area contributed by atoms with Gasteiger partial charge in [-0.2, -0.15) is 4.99 Å². The fourth-order valence-corrected chi connectivity index (χ4v) is 1.03. The number of carbonyl (C=O) groups excluding carboxylic acids is 1. The Morgan fingerprint density at radius 2 is 2.00 bits per heavy atom. The van der Waals surface area contributed by atoms with Gasteiger partial charge >= 0.3 is 6.03 Å². The third kappa shape index (κ3) is 2.94. The second-order valence-corrected chi connectivity index (χ2v) is 3.06. The smallest absolute Gasteiger partial charge is 0.343 e. The molecule has 0 saturated carbocycles. The van der Waals surface area contributed by atoms with E-state index < -0.39 is 6.03 Å². The lowest BCUT2D eigenvalue weighted by Gasteiger charge is -2.17. The lowest BCUT2D eigenvalue weighted by Crippen LogP contribution is -2.35. The Morgan fingerprint density at radius 1 is 1.44 bits per heavy atom. The van der Waals surface area contributed by atoms with Crippen molar-refractivity contribution in [2.45, 2.75) is 0 Å². The zero-order valence-corrected chi connectivity index (χ0v) is 9.07. The quantitative estimate of drug-likeness (QED) is 0.550.